The molecule has 3 aromatic rings. The first-order valence-electron chi connectivity index (χ1n) is 8.21. The van der Waals surface area contributed by atoms with Crippen molar-refractivity contribution in [1.29, 1.82) is 0 Å². The molecule has 0 bridgehead atoms. The van der Waals surface area contributed by atoms with Gasteiger partial charge >= 0.3 is 0 Å². The fraction of sp³-hybridized carbons (Fsp3) is 0.294. The van der Waals surface area contributed by atoms with Crippen LogP contribution in [0.5, 0.6) is 0 Å². The summed E-state index contributed by atoms with van der Waals surface area (Å²) >= 11 is 0. The molecule has 1 aromatic carbocycles. The van der Waals surface area contributed by atoms with Crippen LogP contribution in [0.1, 0.15) is 24.6 Å². The number of carbonyl (C=O) groups is 1. The van der Waals surface area contributed by atoms with E-state index in [1.807, 2.05) is 35.0 Å². The van der Waals surface area contributed by atoms with Gasteiger partial charge in [-0.2, -0.15) is 0 Å². The van der Waals surface area contributed by atoms with Crippen molar-refractivity contribution in [3.8, 4) is 11.4 Å². The van der Waals surface area contributed by atoms with Crippen LogP contribution in [0.25, 0.3) is 11.4 Å². The molecule has 0 unspecified atom stereocenters. The van der Waals surface area contributed by atoms with Gasteiger partial charge in [0.05, 0.1) is 25.4 Å². The number of amides is 1. The second kappa shape index (κ2) is 6.76. The van der Waals surface area contributed by atoms with E-state index in [1.54, 1.807) is 12.3 Å². The predicted molar refractivity (Wildman–Crippen MR) is 90.6 cm³/mol. The zero-order chi connectivity index (χ0) is 17.1. The Morgan fingerprint density at radius 2 is 2.20 bits per heavy atom. The fourth-order valence-corrected chi connectivity index (χ4v) is 2.56. The smallest absolute Gasteiger partial charge is 0.239 e. The number of anilines is 1. The SMILES string of the molecule is O=C(CNc1cccc(-c2nnnn2C2CC2)c1)NCc1ccco1. The second-order valence-electron chi connectivity index (χ2n) is 5.97. The highest BCUT2D eigenvalue weighted by atomic mass is 16.3. The molecule has 1 saturated carbocycles. The first kappa shape index (κ1) is 15.4. The van der Waals surface area contributed by atoms with Crippen LogP contribution in [0.3, 0.4) is 0 Å². The molecule has 0 atom stereocenters. The Bertz CT molecular complexity index is 854. The number of aromatic nitrogens is 4. The van der Waals surface area contributed by atoms with E-state index in [0.29, 0.717) is 12.6 Å². The van der Waals surface area contributed by atoms with Crippen molar-refractivity contribution in [2.24, 2.45) is 0 Å². The van der Waals surface area contributed by atoms with Gasteiger partial charge in [-0.1, -0.05) is 12.1 Å². The number of benzene rings is 1. The van der Waals surface area contributed by atoms with E-state index in [2.05, 4.69) is 26.2 Å². The molecular formula is C17H18N6O2. The Kier molecular flexibility index (Phi) is 4.16. The molecule has 0 saturated heterocycles. The van der Waals surface area contributed by atoms with Crippen LogP contribution in [-0.2, 0) is 11.3 Å². The van der Waals surface area contributed by atoms with Crippen molar-refractivity contribution in [2.75, 3.05) is 11.9 Å². The molecule has 25 heavy (non-hydrogen) atoms. The highest BCUT2D eigenvalue weighted by molar-refractivity contribution is 5.80. The van der Waals surface area contributed by atoms with E-state index in [0.717, 1.165) is 35.7 Å². The first-order chi connectivity index (χ1) is 12.3. The standard InChI is InChI=1S/C17H18N6O2/c24-16(19-10-15-5-2-8-25-15)11-18-13-4-1-3-12(9-13)17-20-21-22-23(17)14-6-7-14/h1-5,8-9,14,18H,6-7,10-11H2,(H,19,24). The molecule has 0 radical (unpaired) electrons. The molecule has 8 heteroatoms. The Morgan fingerprint density at radius 1 is 1.28 bits per heavy atom. The normalized spacial score (nSPS) is 13.6. The summed E-state index contributed by atoms with van der Waals surface area (Å²) in [6.07, 6.45) is 3.82. The van der Waals surface area contributed by atoms with Gasteiger partial charge in [-0.3, -0.25) is 4.79 Å². The van der Waals surface area contributed by atoms with Gasteiger partial charge in [0.15, 0.2) is 5.82 Å². The summed E-state index contributed by atoms with van der Waals surface area (Å²) in [5.74, 6) is 1.38. The van der Waals surface area contributed by atoms with Gasteiger partial charge in [-0.05, 0) is 47.5 Å². The van der Waals surface area contributed by atoms with Crippen molar-refractivity contribution in [3.05, 3.63) is 48.4 Å². The number of nitrogens with zero attached hydrogens (tertiary/aromatic N) is 4. The summed E-state index contributed by atoms with van der Waals surface area (Å²) in [5.41, 5.74) is 1.77. The van der Waals surface area contributed by atoms with Crippen LogP contribution < -0.4 is 10.6 Å². The lowest BCUT2D eigenvalue weighted by molar-refractivity contribution is -0.119. The summed E-state index contributed by atoms with van der Waals surface area (Å²) < 4.78 is 7.05. The highest BCUT2D eigenvalue weighted by Crippen LogP contribution is 2.36. The Hall–Kier alpha value is -3.16. The molecule has 2 aromatic heterocycles. The molecule has 1 amide bonds. The number of rotatable bonds is 7. The molecule has 1 fully saturated rings. The van der Waals surface area contributed by atoms with Crippen molar-refractivity contribution in [2.45, 2.75) is 25.4 Å². The average Bonchev–Trinajstić information content (AvgIpc) is 3.14. The van der Waals surface area contributed by atoms with Gasteiger partial charge in [-0.25, -0.2) is 4.68 Å². The number of carbonyl (C=O) groups excluding carboxylic acids is 1. The number of furan rings is 1. The third kappa shape index (κ3) is 3.68. The summed E-state index contributed by atoms with van der Waals surface area (Å²) in [4.78, 5) is 11.9. The van der Waals surface area contributed by atoms with Crippen LogP contribution in [0.4, 0.5) is 5.69 Å². The van der Waals surface area contributed by atoms with Gasteiger partial charge in [0, 0.05) is 11.3 Å². The van der Waals surface area contributed by atoms with E-state index in [1.165, 1.54) is 0 Å². The maximum atomic E-state index is 11.9. The molecule has 0 spiro atoms. The average molecular weight is 338 g/mol. The van der Waals surface area contributed by atoms with E-state index in [4.69, 9.17) is 4.42 Å². The van der Waals surface area contributed by atoms with Gasteiger partial charge in [0.25, 0.3) is 0 Å². The van der Waals surface area contributed by atoms with E-state index < -0.39 is 0 Å². The first-order valence-corrected chi connectivity index (χ1v) is 8.21. The zero-order valence-corrected chi connectivity index (χ0v) is 13.6. The molecule has 2 N–H and O–H groups in total. The van der Waals surface area contributed by atoms with Gasteiger partial charge in [0.2, 0.25) is 5.91 Å². The molecule has 8 nitrogen and oxygen atoms in total. The summed E-state index contributed by atoms with van der Waals surface area (Å²) in [6.45, 7) is 0.557. The maximum absolute atomic E-state index is 11.9. The second-order valence-corrected chi connectivity index (χ2v) is 5.97. The Morgan fingerprint density at radius 3 is 3.00 bits per heavy atom. The fourth-order valence-electron chi connectivity index (χ4n) is 2.56. The lowest BCUT2D eigenvalue weighted by Gasteiger charge is -2.09. The summed E-state index contributed by atoms with van der Waals surface area (Å²) in [5, 5.41) is 17.9. The molecule has 2 heterocycles. The minimum Gasteiger partial charge on any atom is -0.467 e. The van der Waals surface area contributed by atoms with E-state index >= 15 is 0 Å². The largest absolute Gasteiger partial charge is 0.467 e. The molecule has 0 aliphatic heterocycles. The number of nitrogens with one attached hydrogen (secondary N) is 2. The quantitative estimate of drug-likeness (QED) is 0.684. The molecule has 4 rings (SSSR count). The molecular weight excluding hydrogens is 320 g/mol. The van der Waals surface area contributed by atoms with Gasteiger partial charge in [-0.15, -0.1) is 5.10 Å². The minimum atomic E-state index is -0.107. The molecule has 1 aliphatic rings. The van der Waals surface area contributed by atoms with E-state index in [-0.39, 0.29) is 12.5 Å². The van der Waals surface area contributed by atoms with Gasteiger partial charge in [0.1, 0.15) is 5.76 Å². The molecule has 1 aliphatic carbocycles. The lowest BCUT2D eigenvalue weighted by atomic mass is 10.2. The summed E-state index contributed by atoms with van der Waals surface area (Å²) in [6, 6.07) is 11.8. The topological polar surface area (TPSA) is 97.9 Å². The van der Waals surface area contributed by atoms with Crippen molar-refractivity contribution in [1.82, 2.24) is 25.5 Å². The number of hydrogen-bond donors (Lipinski definition) is 2. The third-order valence-corrected chi connectivity index (χ3v) is 4.00. The third-order valence-electron chi connectivity index (χ3n) is 4.00. The lowest BCUT2D eigenvalue weighted by Crippen LogP contribution is -2.29. The van der Waals surface area contributed by atoms with Crippen molar-refractivity contribution < 1.29 is 9.21 Å². The monoisotopic (exact) mass is 338 g/mol. The Balaban J connectivity index is 1.36. The highest BCUT2D eigenvalue weighted by Gasteiger charge is 2.28. The Labute approximate surface area is 144 Å². The van der Waals surface area contributed by atoms with Crippen molar-refractivity contribution in [3.63, 3.8) is 0 Å². The predicted octanol–water partition coefficient (Wildman–Crippen LogP) is 2.00. The minimum absolute atomic E-state index is 0.107. The summed E-state index contributed by atoms with van der Waals surface area (Å²) in [7, 11) is 0. The molecule has 128 valence electrons. The number of hydrogen-bond acceptors (Lipinski definition) is 6. The maximum Gasteiger partial charge on any atom is 0.239 e. The van der Waals surface area contributed by atoms with Crippen molar-refractivity contribution >= 4 is 11.6 Å². The van der Waals surface area contributed by atoms with Gasteiger partial charge < -0.3 is 15.1 Å². The zero-order valence-electron chi connectivity index (χ0n) is 13.6. The number of tetrazole rings is 1. The van der Waals surface area contributed by atoms with Crippen LogP contribution >= 0.6 is 0 Å². The van der Waals surface area contributed by atoms with E-state index in [9.17, 15) is 4.79 Å². The van der Waals surface area contributed by atoms with Crippen LogP contribution in [0.15, 0.2) is 47.1 Å². The van der Waals surface area contributed by atoms with Crippen LogP contribution in [0.2, 0.25) is 0 Å². The van der Waals surface area contributed by atoms with Crippen LogP contribution in [-0.4, -0.2) is 32.7 Å². The van der Waals surface area contributed by atoms with Crippen LogP contribution in [0, 0.1) is 0 Å².